The molecule has 1 aromatic carbocycles. The molecule has 0 spiro atoms. The summed E-state index contributed by atoms with van der Waals surface area (Å²) in [6, 6.07) is 11.0. The third-order valence-corrected chi connectivity index (χ3v) is 3.22. The second-order valence-electron chi connectivity index (χ2n) is 3.75. The van der Waals surface area contributed by atoms with E-state index in [4.69, 9.17) is 5.73 Å². The van der Waals surface area contributed by atoms with Gasteiger partial charge in [0, 0.05) is 17.2 Å². The number of amides is 1. The standard InChI is InChI=1S/C13H12BrN3O/c14-11-4-2-1-3-9(11)7-17-13(18)10-5-6-12(15)16-8-10/h1-6,8H,7H2,(H2,15,16)(H,17,18). The van der Waals surface area contributed by atoms with Gasteiger partial charge in [-0.3, -0.25) is 4.79 Å². The fourth-order valence-electron chi connectivity index (χ4n) is 1.46. The molecule has 0 atom stereocenters. The van der Waals surface area contributed by atoms with Gasteiger partial charge in [-0.15, -0.1) is 0 Å². The van der Waals surface area contributed by atoms with Gasteiger partial charge >= 0.3 is 0 Å². The highest BCUT2D eigenvalue weighted by atomic mass is 79.9. The Hall–Kier alpha value is -1.88. The van der Waals surface area contributed by atoms with Crippen LogP contribution in [-0.4, -0.2) is 10.9 Å². The van der Waals surface area contributed by atoms with Crippen LogP contribution in [0.3, 0.4) is 0 Å². The molecular weight excluding hydrogens is 294 g/mol. The first-order chi connectivity index (χ1) is 8.66. The van der Waals surface area contributed by atoms with E-state index in [1.807, 2.05) is 24.3 Å². The Balaban J connectivity index is 2.01. The molecule has 5 heteroatoms. The molecule has 0 aliphatic rings. The molecule has 0 bridgehead atoms. The van der Waals surface area contributed by atoms with Gasteiger partial charge < -0.3 is 11.1 Å². The molecule has 1 aromatic heterocycles. The molecule has 0 aliphatic heterocycles. The molecule has 0 radical (unpaired) electrons. The number of nitrogens with zero attached hydrogens (tertiary/aromatic N) is 1. The Bertz CT molecular complexity index is 554. The predicted octanol–water partition coefficient (Wildman–Crippen LogP) is 2.36. The van der Waals surface area contributed by atoms with Crippen molar-refractivity contribution in [2.75, 3.05) is 5.73 Å². The number of pyridine rings is 1. The van der Waals surface area contributed by atoms with Gasteiger partial charge in [0.15, 0.2) is 0 Å². The molecule has 0 aliphatic carbocycles. The Kier molecular flexibility index (Phi) is 3.94. The van der Waals surface area contributed by atoms with E-state index in [1.54, 1.807) is 12.1 Å². The van der Waals surface area contributed by atoms with Gasteiger partial charge in [0.2, 0.25) is 0 Å². The minimum Gasteiger partial charge on any atom is -0.384 e. The molecule has 1 heterocycles. The highest BCUT2D eigenvalue weighted by molar-refractivity contribution is 9.10. The zero-order chi connectivity index (χ0) is 13.0. The van der Waals surface area contributed by atoms with Crippen LogP contribution < -0.4 is 11.1 Å². The fraction of sp³-hybridized carbons (Fsp3) is 0.0769. The number of benzene rings is 1. The lowest BCUT2D eigenvalue weighted by Gasteiger charge is -2.07. The SMILES string of the molecule is Nc1ccc(C(=O)NCc2ccccc2Br)cn1. The normalized spacial score (nSPS) is 10.1. The quantitative estimate of drug-likeness (QED) is 0.914. The summed E-state index contributed by atoms with van der Waals surface area (Å²) in [4.78, 5) is 15.7. The Labute approximate surface area is 113 Å². The summed E-state index contributed by atoms with van der Waals surface area (Å²) in [6.45, 7) is 0.463. The van der Waals surface area contributed by atoms with Gasteiger partial charge in [-0.1, -0.05) is 34.1 Å². The number of hydrogen-bond donors (Lipinski definition) is 2. The number of nitrogens with two attached hydrogens (primary N) is 1. The van der Waals surface area contributed by atoms with Crippen LogP contribution in [-0.2, 0) is 6.54 Å². The average molecular weight is 306 g/mol. The summed E-state index contributed by atoms with van der Waals surface area (Å²) >= 11 is 3.43. The number of halogens is 1. The lowest BCUT2D eigenvalue weighted by molar-refractivity contribution is 0.0950. The van der Waals surface area contributed by atoms with E-state index in [2.05, 4.69) is 26.2 Å². The van der Waals surface area contributed by atoms with Crippen molar-refractivity contribution in [1.29, 1.82) is 0 Å². The number of hydrogen-bond acceptors (Lipinski definition) is 3. The number of rotatable bonds is 3. The van der Waals surface area contributed by atoms with E-state index in [-0.39, 0.29) is 5.91 Å². The lowest BCUT2D eigenvalue weighted by Crippen LogP contribution is -2.23. The van der Waals surface area contributed by atoms with Gasteiger partial charge in [-0.05, 0) is 23.8 Å². The summed E-state index contributed by atoms with van der Waals surface area (Å²) in [7, 11) is 0. The summed E-state index contributed by atoms with van der Waals surface area (Å²) in [5, 5.41) is 2.83. The van der Waals surface area contributed by atoms with Crippen molar-refractivity contribution < 1.29 is 4.79 Å². The van der Waals surface area contributed by atoms with Crippen LogP contribution in [0.5, 0.6) is 0 Å². The number of anilines is 1. The maximum atomic E-state index is 11.8. The molecule has 2 rings (SSSR count). The second kappa shape index (κ2) is 5.64. The summed E-state index contributed by atoms with van der Waals surface area (Å²) in [6.07, 6.45) is 1.46. The second-order valence-corrected chi connectivity index (χ2v) is 4.60. The lowest BCUT2D eigenvalue weighted by atomic mass is 10.2. The van der Waals surface area contributed by atoms with Gasteiger partial charge in [0.25, 0.3) is 5.91 Å². The molecular formula is C13H12BrN3O. The van der Waals surface area contributed by atoms with Crippen LogP contribution in [0, 0.1) is 0 Å². The van der Waals surface area contributed by atoms with E-state index >= 15 is 0 Å². The van der Waals surface area contributed by atoms with Crippen LogP contribution in [0.2, 0.25) is 0 Å². The van der Waals surface area contributed by atoms with Crippen molar-refractivity contribution in [3.63, 3.8) is 0 Å². The van der Waals surface area contributed by atoms with Crippen LogP contribution in [0.15, 0.2) is 47.1 Å². The number of aromatic nitrogens is 1. The highest BCUT2D eigenvalue weighted by Gasteiger charge is 2.06. The first kappa shape index (κ1) is 12.6. The van der Waals surface area contributed by atoms with Crippen molar-refractivity contribution in [2.45, 2.75) is 6.54 Å². The molecule has 92 valence electrons. The largest absolute Gasteiger partial charge is 0.384 e. The third-order valence-electron chi connectivity index (χ3n) is 2.45. The average Bonchev–Trinajstić information content (AvgIpc) is 2.38. The van der Waals surface area contributed by atoms with Crippen LogP contribution in [0.4, 0.5) is 5.82 Å². The van der Waals surface area contributed by atoms with E-state index < -0.39 is 0 Å². The molecule has 0 fully saturated rings. The van der Waals surface area contributed by atoms with Crippen molar-refractivity contribution >= 4 is 27.7 Å². The van der Waals surface area contributed by atoms with Crippen LogP contribution in [0.1, 0.15) is 15.9 Å². The maximum Gasteiger partial charge on any atom is 0.253 e. The number of carbonyl (C=O) groups excluding carboxylic acids is 1. The van der Waals surface area contributed by atoms with E-state index in [0.29, 0.717) is 17.9 Å². The molecule has 0 saturated carbocycles. The van der Waals surface area contributed by atoms with Gasteiger partial charge in [-0.2, -0.15) is 0 Å². The summed E-state index contributed by atoms with van der Waals surface area (Å²) in [5.74, 6) is 0.232. The highest BCUT2D eigenvalue weighted by Crippen LogP contribution is 2.15. The summed E-state index contributed by atoms with van der Waals surface area (Å²) in [5.41, 5.74) is 6.98. The van der Waals surface area contributed by atoms with E-state index in [0.717, 1.165) is 10.0 Å². The Morgan fingerprint density at radius 2 is 2.06 bits per heavy atom. The molecule has 4 nitrogen and oxygen atoms in total. The first-order valence-corrected chi connectivity index (χ1v) is 6.19. The molecule has 1 amide bonds. The molecule has 18 heavy (non-hydrogen) atoms. The number of nitrogen functional groups attached to an aromatic ring is 1. The first-order valence-electron chi connectivity index (χ1n) is 5.40. The van der Waals surface area contributed by atoms with Gasteiger partial charge in [-0.25, -0.2) is 4.98 Å². The van der Waals surface area contributed by atoms with Gasteiger partial charge in [0.05, 0.1) is 5.56 Å². The number of carbonyl (C=O) groups is 1. The predicted molar refractivity (Wildman–Crippen MR) is 74.0 cm³/mol. The van der Waals surface area contributed by atoms with Crippen molar-refractivity contribution in [3.05, 3.63) is 58.2 Å². The van der Waals surface area contributed by atoms with Crippen LogP contribution >= 0.6 is 15.9 Å². The summed E-state index contributed by atoms with van der Waals surface area (Å²) < 4.78 is 0.973. The zero-order valence-corrected chi connectivity index (χ0v) is 11.1. The van der Waals surface area contributed by atoms with Crippen molar-refractivity contribution in [2.24, 2.45) is 0 Å². The van der Waals surface area contributed by atoms with Crippen molar-refractivity contribution in [1.82, 2.24) is 10.3 Å². The topological polar surface area (TPSA) is 68.0 Å². The number of nitrogens with one attached hydrogen (secondary N) is 1. The van der Waals surface area contributed by atoms with E-state index in [9.17, 15) is 4.79 Å². The molecule has 3 N–H and O–H groups in total. The zero-order valence-electron chi connectivity index (χ0n) is 9.56. The fourth-order valence-corrected chi connectivity index (χ4v) is 1.88. The molecule has 0 saturated heterocycles. The minimum atomic E-state index is -0.168. The minimum absolute atomic E-state index is 0.168. The monoisotopic (exact) mass is 305 g/mol. The van der Waals surface area contributed by atoms with Crippen molar-refractivity contribution in [3.8, 4) is 0 Å². The molecule has 2 aromatic rings. The maximum absolute atomic E-state index is 11.8. The Morgan fingerprint density at radius 1 is 1.28 bits per heavy atom. The smallest absolute Gasteiger partial charge is 0.253 e. The Morgan fingerprint density at radius 3 is 2.72 bits per heavy atom. The van der Waals surface area contributed by atoms with E-state index in [1.165, 1.54) is 6.20 Å². The molecule has 0 unspecified atom stereocenters. The van der Waals surface area contributed by atoms with Crippen LogP contribution in [0.25, 0.3) is 0 Å². The third kappa shape index (κ3) is 3.07. The van der Waals surface area contributed by atoms with Gasteiger partial charge in [0.1, 0.15) is 5.82 Å².